The van der Waals surface area contributed by atoms with Crippen LogP contribution >= 0.6 is 11.6 Å². The van der Waals surface area contributed by atoms with Crippen LogP contribution in [-0.4, -0.2) is 32.4 Å². The average molecular weight is 361 g/mol. The Hall–Kier alpha value is -2.64. The number of benzene rings is 1. The van der Waals surface area contributed by atoms with E-state index in [4.69, 9.17) is 16.3 Å². The van der Waals surface area contributed by atoms with Gasteiger partial charge in [-0.15, -0.1) is 6.58 Å². The molecule has 1 aromatic carbocycles. The Morgan fingerprint density at radius 3 is 2.76 bits per heavy atom. The molecule has 0 saturated heterocycles. The van der Waals surface area contributed by atoms with Gasteiger partial charge in [-0.05, 0) is 12.1 Å². The van der Waals surface area contributed by atoms with Gasteiger partial charge in [-0.2, -0.15) is 0 Å². The first-order chi connectivity index (χ1) is 12.1. The van der Waals surface area contributed by atoms with Crippen molar-refractivity contribution < 1.29 is 4.74 Å². The lowest BCUT2D eigenvalue weighted by molar-refractivity contribution is 0.188. The Bertz CT molecular complexity index is 1050. The molecule has 0 bridgehead atoms. The number of aromatic nitrogens is 4. The first kappa shape index (κ1) is 17.2. The largest absolute Gasteiger partial charge is 0.383 e. The van der Waals surface area contributed by atoms with Crippen molar-refractivity contribution in [1.29, 1.82) is 0 Å². The lowest BCUT2D eigenvalue weighted by Gasteiger charge is -2.12. The Morgan fingerprint density at radius 1 is 1.32 bits per heavy atom. The third-order valence-electron chi connectivity index (χ3n) is 3.84. The number of ether oxygens (including phenoxy) is 1. The summed E-state index contributed by atoms with van der Waals surface area (Å²) in [5.41, 5.74) is 0.117. The number of rotatable bonds is 6. The van der Waals surface area contributed by atoms with Gasteiger partial charge in [0.15, 0.2) is 11.2 Å². The Balaban J connectivity index is 2.42. The molecular formula is C17H17ClN4O3. The molecular weight excluding hydrogens is 344 g/mol. The van der Waals surface area contributed by atoms with E-state index < -0.39 is 11.2 Å². The Morgan fingerprint density at radius 2 is 2.08 bits per heavy atom. The smallest absolute Gasteiger partial charge is 0.337 e. The molecule has 2 heterocycles. The maximum Gasteiger partial charge on any atom is 0.337 e. The van der Waals surface area contributed by atoms with Gasteiger partial charge in [0, 0.05) is 20.2 Å². The molecule has 8 heteroatoms. The van der Waals surface area contributed by atoms with Crippen LogP contribution < -0.4 is 11.2 Å². The molecule has 130 valence electrons. The molecule has 0 unspecified atom stereocenters. The van der Waals surface area contributed by atoms with Crippen LogP contribution in [0.1, 0.15) is 0 Å². The number of allylic oxidation sites excluding steroid dienone is 1. The molecule has 0 amide bonds. The van der Waals surface area contributed by atoms with Gasteiger partial charge in [-0.25, -0.2) is 14.3 Å². The van der Waals surface area contributed by atoms with Crippen molar-refractivity contribution in [3.05, 3.63) is 69.1 Å². The number of methoxy groups -OCH3 is 1. The second kappa shape index (κ2) is 7.08. The van der Waals surface area contributed by atoms with Gasteiger partial charge in [0.25, 0.3) is 5.56 Å². The zero-order chi connectivity index (χ0) is 18.0. The van der Waals surface area contributed by atoms with Crippen LogP contribution in [0.3, 0.4) is 0 Å². The molecule has 0 atom stereocenters. The Kier molecular flexibility index (Phi) is 4.87. The SMILES string of the molecule is C=CCn1c(=O)c2c(ncn2CCOC)n(-c2ccccc2Cl)c1=O. The molecule has 0 aliphatic rings. The van der Waals surface area contributed by atoms with Crippen molar-refractivity contribution in [2.24, 2.45) is 0 Å². The predicted octanol–water partition coefficient (Wildman–Crippen LogP) is 1.83. The maximum absolute atomic E-state index is 12.9. The summed E-state index contributed by atoms with van der Waals surface area (Å²) in [6.45, 7) is 4.57. The third-order valence-corrected chi connectivity index (χ3v) is 4.16. The van der Waals surface area contributed by atoms with Crippen LogP contribution in [0.5, 0.6) is 0 Å². The lowest BCUT2D eigenvalue weighted by atomic mass is 10.3. The van der Waals surface area contributed by atoms with E-state index in [1.54, 1.807) is 35.9 Å². The number of imidazole rings is 1. The average Bonchev–Trinajstić information content (AvgIpc) is 3.02. The van der Waals surface area contributed by atoms with E-state index in [2.05, 4.69) is 11.6 Å². The molecule has 25 heavy (non-hydrogen) atoms. The highest BCUT2D eigenvalue weighted by molar-refractivity contribution is 6.32. The van der Waals surface area contributed by atoms with Crippen LogP contribution in [0.15, 0.2) is 52.8 Å². The molecule has 0 aliphatic heterocycles. The van der Waals surface area contributed by atoms with Crippen molar-refractivity contribution in [3.8, 4) is 5.69 Å². The quantitative estimate of drug-likeness (QED) is 0.629. The molecule has 0 aliphatic carbocycles. The van der Waals surface area contributed by atoms with Gasteiger partial charge in [0.2, 0.25) is 0 Å². The molecule has 0 N–H and O–H groups in total. The van der Waals surface area contributed by atoms with Crippen LogP contribution in [0, 0.1) is 0 Å². The van der Waals surface area contributed by atoms with E-state index in [-0.39, 0.29) is 12.2 Å². The highest BCUT2D eigenvalue weighted by Gasteiger charge is 2.19. The molecule has 2 aromatic heterocycles. The monoisotopic (exact) mass is 360 g/mol. The van der Waals surface area contributed by atoms with Crippen molar-refractivity contribution >= 4 is 22.8 Å². The Labute approximate surface area is 148 Å². The number of hydrogen-bond acceptors (Lipinski definition) is 4. The predicted molar refractivity (Wildman–Crippen MR) is 96.7 cm³/mol. The minimum atomic E-state index is -0.512. The maximum atomic E-state index is 12.9. The number of fused-ring (bicyclic) bond motifs is 1. The third kappa shape index (κ3) is 2.92. The van der Waals surface area contributed by atoms with E-state index in [1.165, 1.54) is 17.0 Å². The minimum Gasteiger partial charge on any atom is -0.383 e. The number of halogens is 1. The highest BCUT2D eigenvalue weighted by atomic mass is 35.5. The number of hydrogen-bond donors (Lipinski definition) is 0. The summed E-state index contributed by atoms with van der Waals surface area (Å²) in [6, 6.07) is 6.93. The summed E-state index contributed by atoms with van der Waals surface area (Å²) < 4.78 is 9.22. The summed E-state index contributed by atoms with van der Waals surface area (Å²) in [7, 11) is 1.58. The molecule has 0 spiro atoms. The number of para-hydroxylation sites is 1. The summed E-state index contributed by atoms with van der Waals surface area (Å²) in [4.78, 5) is 30.0. The van der Waals surface area contributed by atoms with E-state index in [0.717, 1.165) is 4.57 Å². The lowest BCUT2D eigenvalue weighted by Crippen LogP contribution is -2.40. The molecule has 0 saturated carbocycles. The first-order valence-electron chi connectivity index (χ1n) is 7.65. The topological polar surface area (TPSA) is 71.0 Å². The van der Waals surface area contributed by atoms with Crippen LogP contribution in [0.2, 0.25) is 5.02 Å². The normalized spacial score (nSPS) is 11.1. The van der Waals surface area contributed by atoms with E-state index >= 15 is 0 Å². The summed E-state index contributed by atoms with van der Waals surface area (Å²) in [5, 5.41) is 0.390. The fraction of sp³-hybridized carbons (Fsp3) is 0.235. The van der Waals surface area contributed by atoms with Crippen molar-refractivity contribution in [3.63, 3.8) is 0 Å². The molecule has 3 rings (SSSR count). The van der Waals surface area contributed by atoms with Crippen molar-refractivity contribution in [2.45, 2.75) is 13.1 Å². The molecule has 7 nitrogen and oxygen atoms in total. The second-order valence-electron chi connectivity index (χ2n) is 5.38. The van der Waals surface area contributed by atoms with Gasteiger partial charge in [-0.1, -0.05) is 29.8 Å². The summed E-state index contributed by atoms with van der Waals surface area (Å²) >= 11 is 6.27. The van der Waals surface area contributed by atoms with Crippen LogP contribution in [0.4, 0.5) is 0 Å². The van der Waals surface area contributed by atoms with Crippen LogP contribution in [0.25, 0.3) is 16.9 Å². The van der Waals surface area contributed by atoms with Crippen LogP contribution in [-0.2, 0) is 17.8 Å². The van der Waals surface area contributed by atoms with Gasteiger partial charge in [0.05, 0.1) is 23.6 Å². The first-order valence-corrected chi connectivity index (χ1v) is 8.03. The van der Waals surface area contributed by atoms with Gasteiger partial charge in [-0.3, -0.25) is 9.36 Å². The molecule has 0 fully saturated rings. The minimum absolute atomic E-state index is 0.0908. The number of nitrogens with zero attached hydrogens (tertiary/aromatic N) is 4. The zero-order valence-corrected chi connectivity index (χ0v) is 14.4. The van der Waals surface area contributed by atoms with Crippen molar-refractivity contribution in [1.82, 2.24) is 18.7 Å². The van der Waals surface area contributed by atoms with Gasteiger partial charge >= 0.3 is 5.69 Å². The van der Waals surface area contributed by atoms with E-state index in [1.807, 2.05) is 0 Å². The van der Waals surface area contributed by atoms with Gasteiger partial charge in [0.1, 0.15) is 0 Å². The highest BCUT2D eigenvalue weighted by Crippen LogP contribution is 2.21. The van der Waals surface area contributed by atoms with Crippen molar-refractivity contribution in [2.75, 3.05) is 13.7 Å². The standard InChI is InChI=1S/C17H17ClN4O3/c1-3-8-21-16(23)14-15(19-11-20(14)9-10-25-2)22(17(21)24)13-7-5-4-6-12(13)18/h3-7,11H,1,8-10H2,2H3. The van der Waals surface area contributed by atoms with E-state index in [0.29, 0.717) is 29.4 Å². The summed E-state index contributed by atoms with van der Waals surface area (Å²) in [5.74, 6) is 0. The molecule has 3 aromatic rings. The summed E-state index contributed by atoms with van der Waals surface area (Å²) in [6.07, 6.45) is 3.03. The second-order valence-corrected chi connectivity index (χ2v) is 5.78. The fourth-order valence-corrected chi connectivity index (χ4v) is 2.90. The van der Waals surface area contributed by atoms with Gasteiger partial charge < -0.3 is 9.30 Å². The fourth-order valence-electron chi connectivity index (χ4n) is 2.68. The zero-order valence-electron chi connectivity index (χ0n) is 13.7. The van der Waals surface area contributed by atoms with E-state index in [9.17, 15) is 9.59 Å². The molecule has 0 radical (unpaired) electrons.